The van der Waals surface area contributed by atoms with Crippen LogP contribution in [0.25, 0.3) is 11.2 Å². The summed E-state index contributed by atoms with van der Waals surface area (Å²) in [5.41, 5.74) is 11.2. The number of ether oxygens (including phenoxy) is 3. The Morgan fingerprint density at radius 3 is 2.04 bits per heavy atom. The van der Waals surface area contributed by atoms with E-state index in [4.69, 9.17) is 39.2 Å². The predicted molar refractivity (Wildman–Crippen MR) is 182 cm³/mol. The maximum atomic E-state index is 14.6. The lowest BCUT2D eigenvalue weighted by Gasteiger charge is -2.27. The van der Waals surface area contributed by atoms with Crippen LogP contribution in [0.2, 0.25) is 0 Å². The van der Waals surface area contributed by atoms with E-state index in [0.29, 0.717) is 11.1 Å². The van der Waals surface area contributed by atoms with Gasteiger partial charge in [-0.1, -0.05) is 36.4 Å². The standard InChI is InChI=1S/C33H41N6O11P/c1-4-45-25(40)16-14-20-10-6-8-12-22(20)49-51(44,50-23-13-9-7-11-21(23)15-17-26(41)46-5-2)47-18-24-28(42)33(3,43)31(48-24)39-19-36-27-29(34)37-32(35)38-30(27)39/h6-13,19,24,28,31,42-43H,4-5,14-18H2,1-3H3,(H4,34,35,37,38)/t24-,28-,31-,33-/m1/s1. The highest BCUT2D eigenvalue weighted by Gasteiger charge is 2.54. The van der Waals surface area contributed by atoms with Crippen LogP contribution in [0.1, 0.15) is 51.0 Å². The second-order valence-electron chi connectivity index (χ2n) is 11.7. The molecule has 51 heavy (non-hydrogen) atoms. The van der Waals surface area contributed by atoms with Gasteiger partial charge >= 0.3 is 19.8 Å². The number of anilines is 2. The van der Waals surface area contributed by atoms with E-state index < -0.39 is 50.4 Å². The molecule has 0 spiro atoms. The molecule has 6 N–H and O–H groups in total. The van der Waals surface area contributed by atoms with Crippen molar-refractivity contribution in [2.45, 2.75) is 70.5 Å². The van der Waals surface area contributed by atoms with Crippen LogP contribution in [-0.4, -0.2) is 79.3 Å². The van der Waals surface area contributed by atoms with E-state index in [1.807, 2.05) is 0 Å². The van der Waals surface area contributed by atoms with Crippen molar-refractivity contribution in [3.63, 3.8) is 0 Å². The number of nitrogens with zero attached hydrogens (tertiary/aromatic N) is 4. The van der Waals surface area contributed by atoms with Crippen LogP contribution >= 0.6 is 7.82 Å². The van der Waals surface area contributed by atoms with Gasteiger partial charge in [0, 0.05) is 12.8 Å². The lowest BCUT2D eigenvalue weighted by atomic mass is 9.96. The first-order valence-electron chi connectivity index (χ1n) is 16.3. The summed E-state index contributed by atoms with van der Waals surface area (Å²) in [7, 11) is -4.67. The zero-order valence-corrected chi connectivity index (χ0v) is 29.2. The van der Waals surface area contributed by atoms with Crippen LogP contribution in [0.15, 0.2) is 54.9 Å². The molecule has 18 heteroatoms. The van der Waals surface area contributed by atoms with Gasteiger partial charge in [0.2, 0.25) is 5.95 Å². The van der Waals surface area contributed by atoms with Crippen LogP contribution in [-0.2, 0) is 45.7 Å². The number of aryl methyl sites for hydroxylation is 2. The summed E-state index contributed by atoms with van der Waals surface area (Å²) < 4.78 is 49.9. The summed E-state index contributed by atoms with van der Waals surface area (Å²) in [6, 6.07) is 13.2. The predicted octanol–water partition coefficient (Wildman–Crippen LogP) is 3.27. The van der Waals surface area contributed by atoms with Gasteiger partial charge in [-0.25, -0.2) is 9.55 Å². The van der Waals surface area contributed by atoms with E-state index in [2.05, 4.69) is 15.0 Å². The average molecular weight is 729 g/mol. The first kappa shape index (κ1) is 37.5. The smallest absolute Gasteiger partial charge is 0.466 e. The summed E-state index contributed by atoms with van der Waals surface area (Å²) >= 11 is 0. The van der Waals surface area contributed by atoms with E-state index in [-0.39, 0.29) is 73.3 Å². The lowest BCUT2D eigenvalue weighted by Crippen LogP contribution is -2.44. The SMILES string of the molecule is CCOC(=O)CCc1ccccc1OP(=O)(OC[C@H]1O[C@@H](n2cnc3c(N)nc(N)nc32)[C@](C)(O)[C@@H]1O)Oc1ccccc1CCC(=O)OCC. The molecule has 4 atom stereocenters. The molecule has 17 nitrogen and oxygen atoms in total. The molecular formula is C33H41N6O11P. The Balaban J connectivity index is 1.42. The molecule has 2 aromatic heterocycles. The Kier molecular flexibility index (Phi) is 11.8. The highest BCUT2D eigenvalue weighted by molar-refractivity contribution is 7.49. The van der Waals surface area contributed by atoms with Gasteiger partial charge in [0.1, 0.15) is 34.8 Å². The molecule has 0 radical (unpaired) electrons. The van der Waals surface area contributed by atoms with Crippen LogP contribution in [0.3, 0.4) is 0 Å². The van der Waals surface area contributed by atoms with E-state index in [0.717, 1.165) is 0 Å². The number of esters is 2. The van der Waals surface area contributed by atoms with Crippen LogP contribution in [0, 0.1) is 0 Å². The molecule has 1 aliphatic rings. The minimum absolute atomic E-state index is 0.00892. The number of aliphatic hydroxyl groups excluding tert-OH is 1. The number of rotatable bonds is 16. The van der Waals surface area contributed by atoms with Gasteiger partial charge in [-0.3, -0.25) is 18.7 Å². The third kappa shape index (κ3) is 8.75. The molecule has 1 aliphatic heterocycles. The number of fused-ring (bicyclic) bond motifs is 1. The molecule has 1 saturated heterocycles. The minimum Gasteiger partial charge on any atom is -0.466 e. The van der Waals surface area contributed by atoms with Crippen LogP contribution in [0.5, 0.6) is 11.5 Å². The van der Waals surface area contributed by atoms with E-state index in [1.54, 1.807) is 50.2 Å². The largest absolute Gasteiger partial charge is 0.587 e. The number of hydrogen-bond acceptors (Lipinski definition) is 16. The molecule has 0 aliphatic carbocycles. The second-order valence-corrected chi connectivity index (χ2v) is 13.3. The topological polar surface area (TPSA) is 243 Å². The number of benzene rings is 2. The Bertz CT molecular complexity index is 1830. The van der Waals surface area contributed by atoms with Crippen molar-refractivity contribution < 1.29 is 52.1 Å². The Morgan fingerprint density at radius 2 is 1.49 bits per heavy atom. The van der Waals surface area contributed by atoms with Crippen LogP contribution in [0.4, 0.5) is 11.8 Å². The third-order valence-corrected chi connectivity index (χ3v) is 9.35. The number of phosphoric ester groups is 1. The number of aliphatic hydroxyl groups is 2. The molecule has 1 fully saturated rings. The zero-order valence-electron chi connectivity index (χ0n) is 28.3. The number of hydrogen-bond donors (Lipinski definition) is 4. The average Bonchev–Trinajstić information content (AvgIpc) is 3.60. The van der Waals surface area contributed by atoms with Crippen molar-refractivity contribution >= 4 is 42.7 Å². The van der Waals surface area contributed by atoms with Gasteiger partial charge in [-0.05, 0) is 56.9 Å². The molecule has 5 rings (SSSR count). The Morgan fingerprint density at radius 1 is 0.941 bits per heavy atom. The molecule has 0 saturated carbocycles. The number of phosphoric acid groups is 1. The van der Waals surface area contributed by atoms with Gasteiger partial charge in [0.05, 0.1) is 26.1 Å². The van der Waals surface area contributed by atoms with Gasteiger partial charge in [0.25, 0.3) is 0 Å². The molecule has 0 bridgehead atoms. The van der Waals surface area contributed by atoms with E-state index >= 15 is 0 Å². The number of imidazole rings is 1. The van der Waals surface area contributed by atoms with Gasteiger partial charge in [-0.2, -0.15) is 9.97 Å². The van der Waals surface area contributed by atoms with Crippen molar-refractivity contribution in [2.24, 2.45) is 0 Å². The number of aromatic nitrogens is 4. The molecule has 0 amide bonds. The quantitative estimate of drug-likeness (QED) is 0.0955. The first-order valence-corrected chi connectivity index (χ1v) is 17.7. The lowest BCUT2D eigenvalue weighted by molar-refractivity contribution is -0.144. The summed E-state index contributed by atoms with van der Waals surface area (Å²) in [5, 5.41) is 22.7. The van der Waals surface area contributed by atoms with E-state index in [1.165, 1.54) is 30.0 Å². The number of para-hydroxylation sites is 2. The number of carbonyl (C=O) groups excluding carboxylic acids is 2. The Labute approximate surface area is 293 Å². The van der Waals surface area contributed by atoms with E-state index in [9.17, 15) is 24.4 Å². The fourth-order valence-corrected chi connectivity index (χ4v) is 6.83. The first-order chi connectivity index (χ1) is 24.3. The molecule has 0 unspecified atom stereocenters. The molecule has 4 aromatic rings. The number of nitrogens with two attached hydrogens (primary N) is 2. The zero-order chi connectivity index (χ0) is 36.8. The molecule has 274 valence electrons. The maximum absolute atomic E-state index is 14.6. The molecule has 3 heterocycles. The van der Waals surface area contributed by atoms with Crippen molar-refractivity contribution in [2.75, 3.05) is 31.3 Å². The summed E-state index contributed by atoms with van der Waals surface area (Å²) in [5.74, 6) is -0.766. The van der Waals surface area contributed by atoms with Crippen molar-refractivity contribution in [3.8, 4) is 11.5 Å². The van der Waals surface area contributed by atoms with Gasteiger partial charge < -0.3 is 44.9 Å². The monoisotopic (exact) mass is 728 g/mol. The highest BCUT2D eigenvalue weighted by atomic mass is 31.2. The fraction of sp³-hybridized carbons (Fsp3) is 0.424. The second kappa shape index (κ2) is 16.0. The van der Waals surface area contributed by atoms with Gasteiger partial charge in [-0.15, -0.1) is 0 Å². The molecular weight excluding hydrogens is 687 g/mol. The normalized spacial score (nSPS) is 20.3. The summed E-state index contributed by atoms with van der Waals surface area (Å²) in [6.07, 6.45) is -2.39. The number of nitrogen functional groups attached to an aromatic ring is 2. The summed E-state index contributed by atoms with van der Waals surface area (Å²) in [4.78, 5) is 36.5. The van der Waals surface area contributed by atoms with Crippen LogP contribution < -0.4 is 20.5 Å². The van der Waals surface area contributed by atoms with Crippen molar-refractivity contribution in [1.29, 1.82) is 0 Å². The Hall–Kier alpha value is -4.80. The maximum Gasteiger partial charge on any atom is 0.587 e. The highest BCUT2D eigenvalue weighted by Crippen LogP contribution is 2.52. The minimum atomic E-state index is -4.67. The number of carbonyl (C=O) groups is 2. The molecule has 2 aromatic carbocycles. The van der Waals surface area contributed by atoms with Crippen molar-refractivity contribution in [1.82, 2.24) is 19.5 Å². The van der Waals surface area contributed by atoms with Crippen molar-refractivity contribution in [3.05, 3.63) is 66.0 Å². The fourth-order valence-electron chi connectivity index (χ4n) is 5.52. The third-order valence-electron chi connectivity index (χ3n) is 8.04. The summed E-state index contributed by atoms with van der Waals surface area (Å²) in [6.45, 7) is 4.60. The van der Waals surface area contributed by atoms with Gasteiger partial charge in [0.15, 0.2) is 17.7 Å².